The van der Waals surface area contributed by atoms with Gasteiger partial charge in [-0.15, -0.1) is 0 Å². The van der Waals surface area contributed by atoms with Gasteiger partial charge in [-0.2, -0.15) is 0 Å². The Kier molecular flexibility index (Phi) is 5.86. The molecule has 2 atom stereocenters. The molecule has 0 aliphatic carbocycles. The predicted molar refractivity (Wildman–Crippen MR) is 116 cm³/mol. The molecule has 0 saturated heterocycles. The molecule has 2 heteroatoms. The Balaban J connectivity index is 2.01. The topological polar surface area (TPSA) is 24.4 Å². The summed E-state index contributed by atoms with van der Waals surface area (Å²) < 4.78 is 0. The van der Waals surface area contributed by atoms with E-state index in [1.54, 1.807) is 0 Å². The van der Waals surface area contributed by atoms with Gasteiger partial charge in [-0.05, 0) is 87.3 Å². The summed E-state index contributed by atoms with van der Waals surface area (Å²) in [4.78, 5) is 4.58. The maximum absolute atomic E-state index is 4.58. The second-order valence-electron chi connectivity index (χ2n) is 8.38. The van der Waals surface area contributed by atoms with E-state index < -0.39 is 0 Å². The summed E-state index contributed by atoms with van der Waals surface area (Å²) in [5.41, 5.74) is 12.4. The van der Waals surface area contributed by atoms with Crippen LogP contribution in [0.4, 0.5) is 0 Å². The van der Waals surface area contributed by atoms with Crippen LogP contribution in [0.15, 0.2) is 29.3 Å². The van der Waals surface area contributed by atoms with Crippen LogP contribution in [0.25, 0.3) is 0 Å². The summed E-state index contributed by atoms with van der Waals surface area (Å²) in [5, 5.41) is 3.16. The summed E-state index contributed by atoms with van der Waals surface area (Å²) in [7, 11) is 0. The van der Waals surface area contributed by atoms with Crippen LogP contribution in [0.3, 0.4) is 0 Å². The minimum atomic E-state index is 0.322. The number of benzene rings is 2. The Labute approximate surface area is 165 Å². The molecule has 2 aromatic rings. The van der Waals surface area contributed by atoms with E-state index in [0.29, 0.717) is 11.8 Å². The molecule has 1 aliphatic heterocycles. The smallest absolute Gasteiger partial charge is 0.196 e. The molecule has 1 heterocycles. The van der Waals surface area contributed by atoms with Crippen molar-refractivity contribution < 1.29 is 0 Å². The van der Waals surface area contributed by atoms with Crippen LogP contribution in [-0.4, -0.2) is 12.3 Å². The summed E-state index contributed by atoms with van der Waals surface area (Å²) in [6, 6.07) is 9.23. The maximum atomic E-state index is 4.58. The molecule has 0 fully saturated rings. The van der Waals surface area contributed by atoms with Crippen molar-refractivity contribution in [2.45, 2.75) is 66.7 Å². The van der Waals surface area contributed by atoms with E-state index in [-0.39, 0.29) is 0 Å². The normalized spacial score (nSPS) is 16.3. The first kappa shape index (κ1) is 19.8. The van der Waals surface area contributed by atoms with Gasteiger partial charge in [-0.1, -0.05) is 42.3 Å². The van der Waals surface area contributed by atoms with Crippen molar-refractivity contribution in [3.8, 4) is 0 Å². The van der Waals surface area contributed by atoms with E-state index in [9.17, 15) is 0 Å². The molecule has 2 unspecified atom stereocenters. The quantitative estimate of drug-likeness (QED) is 0.710. The molecular formula is C25H32N2. The minimum absolute atomic E-state index is 0.322. The fourth-order valence-electron chi connectivity index (χ4n) is 5.08. The van der Waals surface area contributed by atoms with Crippen LogP contribution in [0.1, 0.15) is 69.7 Å². The van der Waals surface area contributed by atoms with Gasteiger partial charge in [0, 0.05) is 18.2 Å². The highest BCUT2D eigenvalue weighted by atomic mass is 15.1. The molecule has 2 nitrogen and oxygen atoms in total. The number of nitrogens with zero attached hydrogens (tertiary/aromatic N) is 1. The SMILES string of the molecule is Cc1cc(C)c(C(C)CC(C2=N[C]NC2)c2c(C)cc(C)cc2C)c(C)c1. The van der Waals surface area contributed by atoms with Gasteiger partial charge < -0.3 is 0 Å². The summed E-state index contributed by atoms with van der Waals surface area (Å²) in [5.74, 6) is 0.794. The van der Waals surface area contributed by atoms with Crippen LogP contribution in [0.5, 0.6) is 0 Å². The van der Waals surface area contributed by atoms with E-state index in [1.165, 1.54) is 50.2 Å². The van der Waals surface area contributed by atoms with Gasteiger partial charge in [0.05, 0.1) is 0 Å². The zero-order valence-corrected chi connectivity index (χ0v) is 17.8. The molecule has 27 heavy (non-hydrogen) atoms. The molecule has 0 amide bonds. The second kappa shape index (κ2) is 7.98. The first-order chi connectivity index (χ1) is 12.8. The molecular weight excluding hydrogens is 328 g/mol. The van der Waals surface area contributed by atoms with Crippen molar-refractivity contribution in [1.82, 2.24) is 5.32 Å². The van der Waals surface area contributed by atoms with Crippen molar-refractivity contribution >= 4 is 5.71 Å². The Morgan fingerprint density at radius 2 is 1.33 bits per heavy atom. The number of aliphatic imine (C=N–C) groups is 1. The first-order valence-corrected chi connectivity index (χ1v) is 9.97. The monoisotopic (exact) mass is 360 g/mol. The van der Waals surface area contributed by atoms with Crippen molar-refractivity contribution in [2.24, 2.45) is 4.99 Å². The average Bonchev–Trinajstić information content (AvgIpc) is 3.06. The van der Waals surface area contributed by atoms with Crippen molar-refractivity contribution in [3.05, 3.63) is 75.4 Å². The first-order valence-electron chi connectivity index (χ1n) is 9.97. The number of nitrogens with one attached hydrogen (secondary N) is 1. The number of hydrogen-bond donors (Lipinski definition) is 1. The largest absolute Gasteiger partial charge is 0.281 e. The van der Waals surface area contributed by atoms with Crippen LogP contribution < -0.4 is 5.32 Å². The molecule has 1 aliphatic rings. The van der Waals surface area contributed by atoms with E-state index in [4.69, 9.17) is 0 Å². The molecule has 0 bridgehead atoms. The molecule has 0 saturated carbocycles. The van der Waals surface area contributed by atoms with Crippen molar-refractivity contribution in [2.75, 3.05) is 6.54 Å². The molecule has 1 N–H and O–H groups in total. The molecule has 2 aromatic carbocycles. The molecule has 0 spiro atoms. The Hall–Kier alpha value is -1.93. The zero-order valence-electron chi connectivity index (χ0n) is 17.8. The molecule has 142 valence electrons. The zero-order chi connectivity index (χ0) is 19.7. The van der Waals surface area contributed by atoms with Gasteiger partial charge in [0.25, 0.3) is 0 Å². The third-order valence-corrected chi connectivity index (χ3v) is 5.86. The summed E-state index contributed by atoms with van der Waals surface area (Å²) >= 11 is 0. The highest BCUT2D eigenvalue weighted by molar-refractivity contribution is 5.95. The standard InChI is InChI=1S/C25H32N2/c1-15-8-17(3)24(18(4)9-15)21(7)12-22(23-13-26-14-27-23)25-19(5)10-16(2)11-20(25)6/h8-11,21-22,26H,12-13H2,1-7H3. The number of aryl methyl sites for hydroxylation is 6. The van der Waals surface area contributed by atoms with Crippen LogP contribution in [0.2, 0.25) is 0 Å². The van der Waals surface area contributed by atoms with E-state index in [2.05, 4.69) is 89.7 Å². The third kappa shape index (κ3) is 4.16. The number of hydrogen-bond acceptors (Lipinski definition) is 2. The molecule has 2 radical (unpaired) electrons. The third-order valence-electron chi connectivity index (χ3n) is 5.86. The Morgan fingerprint density at radius 3 is 1.78 bits per heavy atom. The van der Waals surface area contributed by atoms with E-state index >= 15 is 0 Å². The van der Waals surface area contributed by atoms with Gasteiger partial charge in [-0.25, -0.2) is 0 Å². The van der Waals surface area contributed by atoms with Gasteiger partial charge >= 0.3 is 0 Å². The van der Waals surface area contributed by atoms with Gasteiger partial charge in [0.1, 0.15) is 0 Å². The minimum Gasteiger partial charge on any atom is -0.281 e. The lowest BCUT2D eigenvalue weighted by Gasteiger charge is -2.27. The fraction of sp³-hybridized carbons (Fsp3) is 0.440. The van der Waals surface area contributed by atoms with E-state index in [0.717, 1.165) is 13.0 Å². The second-order valence-corrected chi connectivity index (χ2v) is 8.38. The average molecular weight is 361 g/mol. The van der Waals surface area contributed by atoms with Crippen molar-refractivity contribution in [3.63, 3.8) is 0 Å². The fourth-order valence-corrected chi connectivity index (χ4v) is 5.08. The highest BCUT2D eigenvalue weighted by Gasteiger charge is 2.27. The lowest BCUT2D eigenvalue weighted by Crippen LogP contribution is -2.22. The molecule has 3 rings (SSSR count). The predicted octanol–water partition coefficient (Wildman–Crippen LogP) is 5.86. The summed E-state index contributed by atoms with van der Waals surface area (Å²) in [6.45, 7) is 19.5. The van der Waals surface area contributed by atoms with Gasteiger partial charge in [-0.3, -0.25) is 10.3 Å². The lowest BCUT2D eigenvalue weighted by molar-refractivity contribution is 0.635. The Bertz CT molecular complexity index is 830. The van der Waals surface area contributed by atoms with E-state index in [1.807, 2.05) is 0 Å². The van der Waals surface area contributed by atoms with Crippen LogP contribution in [0, 0.1) is 48.2 Å². The van der Waals surface area contributed by atoms with Gasteiger partial charge in [0.15, 0.2) is 6.67 Å². The van der Waals surface area contributed by atoms with Crippen LogP contribution >= 0.6 is 0 Å². The Morgan fingerprint density at radius 1 is 0.852 bits per heavy atom. The highest BCUT2D eigenvalue weighted by Crippen LogP contribution is 2.37. The lowest BCUT2D eigenvalue weighted by atomic mass is 9.78. The molecule has 0 aromatic heterocycles. The van der Waals surface area contributed by atoms with Gasteiger partial charge in [0.2, 0.25) is 0 Å². The number of rotatable bonds is 5. The maximum Gasteiger partial charge on any atom is 0.196 e. The van der Waals surface area contributed by atoms with Crippen LogP contribution in [-0.2, 0) is 0 Å². The summed E-state index contributed by atoms with van der Waals surface area (Å²) in [6.07, 6.45) is 1.07. The van der Waals surface area contributed by atoms with Crippen molar-refractivity contribution in [1.29, 1.82) is 0 Å².